The van der Waals surface area contributed by atoms with E-state index in [2.05, 4.69) is 35.2 Å². The zero-order valence-corrected chi connectivity index (χ0v) is 19.8. The fourth-order valence-corrected chi connectivity index (χ4v) is 4.50. The van der Waals surface area contributed by atoms with Crippen LogP contribution in [0.15, 0.2) is 59.6 Å². The summed E-state index contributed by atoms with van der Waals surface area (Å²) < 4.78 is 11.0. The van der Waals surface area contributed by atoms with Crippen molar-refractivity contribution in [2.45, 2.75) is 31.7 Å². The van der Waals surface area contributed by atoms with E-state index in [9.17, 15) is 0 Å². The molecule has 2 aromatic carbocycles. The minimum absolute atomic E-state index is 0.560. The molecule has 5 nitrogen and oxygen atoms in total. The molecule has 6 heteroatoms. The zero-order chi connectivity index (χ0) is 21.9. The number of para-hydroxylation sites is 1. The normalized spacial score (nSPS) is 15.6. The number of amidine groups is 1. The lowest BCUT2D eigenvalue weighted by Gasteiger charge is -2.37. The van der Waals surface area contributed by atoms with Crippen LogP contribution in [-0.2, 0) is 0 Å². The summed E-state index contributed by atoms with van der Waals surface area (Å²) in [6.07, 6.45) is 6.73. The van der Waals surface area contributed by atoms with Gasteiger partial charge in [-0.3, -0.25) is 0 Å². The molecule has 1 saturated heterocycles. The van der Waals surface area contributed by atoms with Crippen LogP contribution in [0.25, 0.3) is 0 Å². The quantitative estimate of drug-likeness (QED) is 0.300. The first-order chi connectivity index (χ1) is 15.2. The molecule has 1 aliphatic rings. The maximum Gasteiger partial charge on any atom is 0.164 e. The van der Waals surface area contributed by atoms with Gasteiger partial charge >= 0.3 is 0 Å². The van der Waals surface area contributed by atoms with Crippen LogP contribution in [0.3, 0.4) is 0 Å². The molecule has 1 fully saturated rings. The monoisotopic (exact) mass is 441 g/mol. The van der Waals surface area contributed by atoms with Gasteiger partial charge in [-0.25, -0.2) is 4.99 Å². The SMILES string of the molecule is COc1ccc(OCCCCN2CCC(N(C)C(=Nc3ccccc3)SC)CC2)cc1. The standard InChI is InChI=1S/C25H35N3O2S/c1-27(25(31-3)26-21-9-5-4-6-10-21)22-15-18-28(19-16-22)17-7-8-20-30-24-13-11-23(29-2)12-14-24/h4-6,9-14,22H,7-8,15-20H2,1-3H3. The van der Waals surface area contributed by atoms with Crippen molar-refractivity contribution in [1.29, 1.82) is 0 Å². The molecule has 0 radical (unpaired) electrons. The second kappa shape index (κ2) is 12.6. The molecule has 1 heterocycles. The maximum atomic E-state index is 5.83. The van der Waals surface area contributed by atoms with Crippen molar-refractivity contribution < 1.29 is 9.47 Å². The van der Waals surface area contributed by atoms with Crippen LogP contribution in [-0.4, -0.2) is 67.7 Å². The van der Waals surface area contributed by atoms with Crippen molar-refractivity contribution in [2.75, 3.05) is 46.7 Å². The Morgan fingerprint density at radius 3 is 2.35 bits per heavy atom. The topological polar surface area (TPSA) is 37.3 Å². The Morgan fingerprint density at radius 2 is 1.71 bits per heavy atom. The molecule has 3 rings (SSSR count). The highest BCUT2D eigenvalue weighted by molar-refractivity contribution is 8.13. The smallest absolute Gasteiger partial charge is 0.164 e. The maximum absolute atomic E-state index is 5.83. The Bertz CT molecular complexity index is 790. The van der Waals surface area contributed by atoms with Crippen LogP contribution in [0, 0.1) is 0 Å². The van der Waals surface area contributed by atoms with Crippen molar-refractivity contribution in [2.24, 2.45) is 4.99 Å². The lowest BCUT2D eigenvalue weighted by Crippen LogP contribution is -2.45. The largest absolute Gasteiger partial charge is 0.497 e. The Morgan fingerprint density at radius 1 is 1.03 bits per heavy atom. The van der Waals surface area contributed by atoms with Gasteiger partial charge in [0.2, 0.25) is 0 Å². The van der Waals surface area contributed by atoms with Crippen LogP contribution in [0.5, 0.6) is 11.5 Å². The number of ether oxygens (including phenoxy) is 2. The molecule has 0 spiro atoms. The number of hydrogen-bond acceptors (Lipinski definition) is 5. The number of piperidine rings is 1. The van der Waals surface area contributed by atoms with E-state index in [1.807, 2.05) is 42.5 Å². The lowest BCUT2D eigenvalue weighted by molar-refractivity contribution is 0.162. The predicted octanol–water partition coefficient (Wildman–Crippen LogP) is 5.30. The van der Waals surface area contributed by atoms with Gasteiger partial charge in [0.25, 0.3) is 0 Å². The Hall–Kier alpha value is -2.18. The summed E-state index contributed by atoms with van der Waals surface area (Å²) in [5.74, 6) is 1.77. The average Bonchev–Trinajstić information content (AvgIpc) is 2.83. The fraction of sp³-hybridized carbons (Fsp3) is 0.480. The Kier molecular flexibility index (Phi) is 9.56. The molecule has 0 aliphatic carbocycles. The molecule has 2 aromatic rings. The number of rotatable bonds is 9. The Balaban J connectivity index is 1.34. The van der Waals surface area contributed by atoms with Crippen LogP contribution < -0.4 is 9.47 Å². The van der Waals surface area contributed by atoms with Crippen LogP contribution in [0.4, 0.5) is 5.69 Å². The summed E-state index contributed by atoms with van der Waals surface area (Å²) in [4.78, 5) is 9.81. The number of methoxy groups -OCH3 is 1. The van der Waals surface area contributed by atoms with Gasteiger partial charge in [0.15, 0.2) is 5.17 Å². The van der Waals surface area contributed by atoms with Gasteiger partial charge in [-0.1, -0.05) is 30.0 Å². The number of unbranched alkanes of at least 4 members (excludes halogenated alkanes) is 1. The summed E-state index contributed by atoms with van der Waals surface area (Å²) in [6, 6.07) is 18.6. The first kappa shape index (κ1) is 23.5. The van der Waals surface area contributed by atoms with Gasteiger partial charge in [0, 0.05) is 26.2 Å². The fourth-order valence-electron chi connectivity index (χ4n) is 3.87. The van der Waals surface area contributed by atoms with Crippen LogP contribution in [0.2, 0.25) is 0 Å². The van der Waals surface area contributed by atoms with Crippen molar-refractivity contribution in [3.8, 4) is 11.5 Å². The van der Waals surface area contributed by atoms with E-state index in [4.69, 9.17) is 14.5 Å². The number of likely N-dealkylation sites (tertiary alicyclic amines) is 1. The molecule has 0 saturated carbocycles. The molecule has 31 heavy (non-hydrogen) atoms. The number of nitrogens with zero attached hydrogens (tertiary/aromatic N) is 3. The summed E-state index contributed by atoms with van der Waals surface area (Å²) in [5, 5.41) is 1.10. The number of hydrogen-bond donors (Lipinski definition) is 0. The summed E-state index contributed by atoms with van der Waals surface area (Å²) >= 11 is 1.73. The van der Waals surface area contributed by atoms with Gasteiger partial charge < -0.3 is 19.3 Å². The molecule has 168 valence electrons. The third kappa shape index (κ3) is 7.47. The third-order valence-electron chi connectivity index (χ3n) is 5.77. The number of thioether (sulfide) groups is 1. The molecule has 0 N–H and O–H groups in total. The average molecular weight is 442 g/mol. The van der Waals surface area contributed by atoms with E-state index in [1.165, 1.54) is 19.3 Å². The third-order valence-corrected chi connectivity index (χ3v) is 6.51. The van der Waals surface area contributed by atoms with Crippen molar-refractivity contribution in [3.05, 3.63) is 54.6 Å². The van der Waals surface area contributed by atoms with E-state index < -0.39 is 0 Å². The first-order valence-electron chi connectivity index (χ1n) is 11.1. The molecule has 0 aromatic heterocycles. The van der Waals surface area contributed by atoms with Gasteiger partial charge in [-0.05, 0) is 74.9 Å². The van der Waals surface area contributed by atoms with Crippen molar-refractivity contribution in [3.63, 3.8) is 0 Å². The van der Waals surface area contributed by atoms with E-state index >= 15 is 0 Å². The Labute approximate surface area is 191 Å². The van der Waals surface area contributed by atoms with E-state index in [0.717, 1.165) is 55.0 Å². The van der Waals surface area contributed by atoms with Gasteiger partial charge in [-0.15, -0.1) is 0 Å². The van der Waals surface area contributed by atoms with Crippen molar-refractivity contribution >= 4 is 22.6 Å². The summed E-state index contributed by atoms with van der Waals surface area (Å²) in [7, 11) is 3.87. The highest BCUT2D eigenvalue weighted by atomic mass is 32.2. The van der Waals surface area contributed by atoms with Gasteiger partial charge in [0.05, 0.1) is 19.4 Å². The second-order valence-corrected chi connectivity index (χ2v) is 8.62. The molecular formula is C25H35N3O2S. The van der Waals surface area contributed by atoms with Crippen LogP contribution in [0.1, 0.15) is 25.7 Å². The molecular weight excluding hydrogens is 406 g/mol. The predicted molar refractivity (Wildman–Crippen MR) is 132 cm³/mol. The van der Waals surface area contributed by atoms with Crippen molar-refractivity contribution in [1.82, 2.24) is 9.80 Å². The minimum Gasteiger partial charge on any atom is -0.497 e. The number of benzene rings is 2. The lowest BCUT2D eigenvalue weighted by atomic mass is 10.0. The van der Waals surface area contributed by atoms with E-state index in [-0.39, 0.29) is 0 Å². The highest BCUT2D eigenvalue weighted by Crippen LogP contribution is 2.22. The van der Waals surface area contributed by atoms with Crippen LogP contribution >= 0.6 is 11.8 Å². The van der Waals surface area contributed by atoms with Gasteiger partial charge in [0.1, 0.15) is 11.5 Å². The highest BCUT2D eigenvalue weighted by Gasteiger charge is 2.24. The summed E-state index contributed by atoms with van der Waals surface area (Å²) in [5.41, 5.74) is 1.02. The molecule has 1 aliphatic heterocycles. The molecule has 0 bridgehead atoms. The minimum atomic E-state index is 0.560. The molecule has 0 unspecified atom stereocenters. The van der Waals surface area contributed by atoms with Gasteiger partial charge in [-0.2, -0.15) is 0 Å². The number of aliphatic imine (C=N–C) groups is 1. The molecule has 0 amide bonds. The summed E-state index contributed by atoms with van der Waals surface area (Å²) in [6.45, 7) is 4.22. The zero-order valence-electron chi connectivity index (χ0n) is 19.0. The van der Waals surface area contributed by atoms with E-state index in [1.54, 1.807) is 18.9 Å². The first-order valence-corrected chi connectivity index (χ1v) is 12.3. The second-order valence-electron chi connectivity index (χ2n) is 7.85. The van der Waals surface area contributed by atoms with E-state index in [0.29, 0.717) is 6.04 Å². The molecule has 0 atom stereocenters.